The van der Waals surface area contributed by atoms with Crippen LogP contribution in [-0.2, 0) is 32.5 Å². The van der Waals surface area contributed by atoms with E-state index in [0.29, 0.717) is 11.5 Å². The Morgan fingerprint density at radius 2 is 1.00 bits per heavy atom. The Morgan fingerprint density at radius 1 is 0.679 bits per heavy atom. The Labute approximate surface area is 198 Å². The first-order chi connectivity index (χ1) is 12.4. The maximum atomic E-state index is 5.90. The smallest absolute Gasteiger partial charge is 0.163 e. The molecule has 0 heterocycles. The molecule has 2 aromatic rings. The van der Waals surface area contributed by atoms with Gasteiger partial charge in [0.2, 0.25) is 0 Å². The average Bonchev–Trinajstić information content (AvgIpc) is 2.52. The first kappa shape index (κ1) is 25.7. The molecule has 2 aromatic carbocycles. The van der Waals surface area contributed by atoms with E-state index in [1.165, 1.54) is 0 Å². The third-order valence-corrected chi connectivity index (χ3v) is 5.74. The Bertz CT molecular complexity index is 770. The van der Waals surface area contributed by atoms with Crippen LogP contribution in [0, 0.1) is 13.8 Å². The number of hydrogen-bond donors (Lipinski definition) is 0. The number of benzene rings is 2. The monoisotopic (exact) mass is 474 g/mol. The molecule has 0 unspecified atom stereocenters. The molecule has 0 aromatic heterocycles. The molecule has 6 heteroatoms. The van der Waals surface area contributed by atoms with Crippen molar-refractivity contribution < 1.29 is 30.3 Å². The van der Waals surface area contributed by atoms with E-state index in [0.717, 1.165) is 32.0 Å². The second-order valence-electron chi connectivity index (χ2n) is 9.04. The molecule has 152 valence electrons. The Balaban J connectivity index is 0.00000392. The van der Waals surface area contributed by atoms with Crippen molar-refractivity contribution in [1.82, 2.24) is 0 Å². The molecule has 0 saturated heterocycles. The van der Waals surface area contributed by atoms with E-state index in [9.17, 15) is 0 Å². The fourth-order valence-electron chi connectivity index (χ4n) is 3.02. The molecular formula is C22H28Cl2O2STi. The molecule has 0 saturated carbocycles. The summed E-state index contributed by atoms with van der Waals surface area (Å²) in [6.07, 6.45) is 0. The van der Waals surface area contributed by atoms with Gasteiger partial charge >= 0.3 is 0 Å². The molecular weight excluding hydrogens is 447 g/mol. The van der Waals surface area contributed by atoms with Crippen LogP contribution >= 0.6 is 35.5 Å². The number of halogens is 2. The third kappa shape index (κ3) is 5.86. The summed E-state index contributed by atoms with van der Waals surface area (Å²) in [5.74, 6) is 1.36. The van der Waals surface area contributed by atoms with Gasteiger partial charge in [0.1, 0.15) is 23.7 Å². The van der Waals surface area contributed by atoms with Crippen LogP contribution in [0.3, 0.4) is 0 Å². The topological polar surface area (TPSA) is 18.5 Å². The van der Waals surface area contributed by atoms with Gasteiger partial charge in [-0.15, -0.1) is 0 Å². The van der Waals surface area contributed by atoms with Crippen LogP contribution in [0.15, 0.2) is 34.1 Å². The van der Waals surface area contributed by atoms with Crippen LogP contribution < -0.4 is 8.58 Å². The molecule has 0 atom stereocenters. The molecule has 0 radical (unpaired) electrons. The molecule has 28 heavy (non-hydrogen) atoms. The SMILES string of the molecule is Cc1cc(Sc2cc(C)cc(C(C)(C)C)c2OCl)c(OCl)c(C(C)(C)C)c1.[Ti]. The molecule has 2 nitrogen and oxygen atoms in total. The molecule has 0 aliphatic rings. The minimum atomic E-state index is -0.0967. The van der Waals surface area contributed by atoms with Crippen LogP contribution in [-0.4, -0.2) is 0 Å². The second kappa shape index (κ2) is 9.66. The van der Waals surface area contributed by atoms with Gasteiger partial charge in [0.05, 0.1) is 9.79 Å². The maximum Gasteiger partial charge on any atom is 0.163 e. The maximum absolute atomic E-state index is 5.90. The van der Waals surface area contributed by atoms with E-state index in [2.05, 4.69) is 79.7 Å². The van der Waals surface area contributed by atoms with Crippen LogP contribution in [0.1, 0.15) is 63.8 Å². The van der Waals surface area contributed by atoms with E-state index < -0.39 is 0 Å². The van der Waals surface area contributed by atoms with Crippen LogP contribution in [0.25, 0.3) is 0 Å². The van der Waals surface area contributed by atoms with Crippen molar-refractivity contribution in [2.75, 3.05) is 0 Å². The Hall–Kier alpha value is -0.316. The average molecular weight is 475 g/mol. The van der Waals surface area contributed by atoms with Crippen molar-refractivity contribution in [2.24, 2.45) is 0 Å². The zero-order valence-corrected chi connectivity index (χ0v) is 21.7. The van der Waals surface area contributed by atoms with E-state index in [-0.39, 0.29) is 32.5 Å². The fourth-order valence-corrected chi connectivity index (χ4v) is 4.66. The molecule has 0 aliphatic heterocycles. The number of hydrogen-bond acceptors (Lipinski definition) is 3. The van der Waals surface area contributed by atoms with Crippen molar-refractivity contribution in [3.05, 3.63) is 46.5 Å². The summed E-state index contributed by atoms with van der Waals surface area (Å²) in [5.41, 5.74) is 4.24. The molecule has 0 bridgehead atoms. The van der Waals surface area contributed by atoms with Gasteiger partial charge in [0.25, 0.3) is 0 Å². The summed E-state index contributed by atoms with van der Waals surface area (Å²) in [5, 5.41) is 0. The van der Waals surface area contributed by atoms with Crippen molar-refractivity contribution in [1.29, 1.82) is 0 Å². The standard InChI is InChI=1S/C22H28Cl2O2S.Ti/c1-13-9-15(21(3,4)5)19(25-23)17(11-13)27-18-12-14(2)10-16(20(18)26-24)22(6,7)8;/h9-12H,1-8H3;. The summed E-state index contributed by atoms with van der Waals surface area (Å²) in [6, 6.07) is 8.40. The molecule has 0 spiro atoms. The van der Waals surface area contributed by atoms with Crippen LogP contribution in [0.4, 0.5) is 0 Å². The molecule has 0 N–H and O–H groups in total. The van der Waals surface area contributed by atoms with Crippen molar-refractivity contribution >= 4 is 35.5 Å². The van der Waals surface area contributed by atoms with Gasteiger partial charge in [-0.05, 0) is 47.9 Å². The Kier molecular flexibility index (Phi) is 8.88. The minimum absolute atomic E-state index is 0. The van der Waals surface area contributed by atoms with Gasteiger partial charge in [-0.2, -0.15) is 0 Å². The summed E-state index contributed by atoms with van der Waals surface area (Å²) in [6.45, 7) is 17.0. The van der Waals surface area contributed by atoms with Gasteiger partial charge in [0.15, 0.2) is 11.5 Å². The van der Waals surface area contributed by atoms with Crippen LogP contribution in [0.5, 0.6) is 11.5 Å². The molecule has 0 aliphatic carbocycles. The third-order valence-electron chi connectivity index (χ3n) is 4.39. The van der Waals surface area contributed by atoms with E-state index in [1.54, 1.807) is 11.8 Å². The summed E-state index contributed by atoms with van der Waals surface area (Å²) in [7, 11) is 0. The van der Waals surface area contributed by atoms with Crippen molar-refractivity contribution in [3.63, 3.8) is 0 Å². The van der Waals surface area contributed by atoms with Crippen molar-refractivity contribution in [2.45, 2.75) is 76.0 Å². The molecule has 0 fully saturated rings. The summed E-state index contributed by atoms with van der Waals surface area (Å²) < 4.78 is 10.6. The van der Waals surface area contributed by atoms with E-state index >= 15 is 0 Å². The van der Waals surface area contributed by atoms with Crippen LogP contribution in [0.2, 0.25) is 0 Å². The zero-order chi connectivity index (χ0) is 20.6. The van der Waals surface area contributed by atoms with Gasteiger partial charge in [-0.25, -0.2) is 0 Å². The molecule has 2 rings (SSSR count). The normalized spacial score (nSPS) is 11.8. The largest absolute Gasteiger partial charge is 0.384 e. The predicted octanol–water partition coefficient (Wildman–Crippen LogP) is 8.11. The first-order valence-corrected chi connectivity index (χ1v) is 10.4. The van der Waals surface area contributed by atoms with E-state index in [4.69, 9.17) is 32.3 Å². The second-order valence-corrected chi connectivity index (χ2v) is 10.4. The van der Waals surface area contributed by atoms with Gasteiger partial charge in [-0.3, -0.25) is 0 Å². The zero-order valence-electron chi connectivity index (χ0n) is 17.8. The number of aryl methyl sites for hydroxylation is 2. The number of rotatable bonds is 4. The summed E-state index contributed by atoms with van der Waals surface area (Å²) >= 11 is 13.4. The minimum Gasteiger partial charge on any atom is -0.384 e. The first-order valence-electron chi connectivity index (χ1n) is 8.93. The van der Waals surface area contributed by atoms with Gasteiger partial charge < -0.3 is 8.58 Å². The quantitative estimate of drug-likeness (QED) is 0.416. The Morgan fingerprint density at radius 3 is 1.25 bits per heavy atom. The van der Waals surface area contributed by atoms with Crippen molar-refractivity contribution in [3.8, 4) is 11.5 Å². The van der Waals surface area contributed by atoms with Gasteiger partial charge in [-0.1, -0.05) is 65.4 Å². The predicted molar refractivity (Wildman–Crippen MR) is 117 cm³/mol. The molecule has 0 amide bonds. The summed E-state index contributed by atoms with van der Waals surface area (Å²) in [4.78, 5) is 1.88. The van der Waals surface area contributed by atoms with Gasteiger partial charge in [0, 0.05) is 32.8 Å². The van der Waals surface area contributed by atoms with E-state index in [1.807, 2.05) is 0 Å². The fraction of sp³-hybridized carbons (Fsp3) is 0.455.